The number of anilines is 3. The molecule has 0 aliphatic carbocycles. The van der Waals surface area contributed by atoms with Crippen LogP contribution >= 0.6 is 27.5 Å². The molecule has 2 aromatic rings. The van der Waals surface area contributed by atoms with E-state index in [1.165, 1.54) is 6.07 Å². The molecule has 0 aliphatic rings. The van der Waals surface area contributed by atoms with Crippen molar-refractivity contribution in [2.75, 3.05) is 18.2 Å². The second kappa shape index (κ2) is 5.67. The maximum absolute atomic E-state index is 13.3. The van der Waals surface area contributed by atoms with Gasteiger partial charge < -0.3 is 15.8 Å². The molecular formula is C13H11BrClFN2O. The van der Waals surface area contributed by atoms with Crippen LogP contribution < -0.4 is 15.8 Å². The van der Waals surface area contributed by atoms with Crippen LogP contribution in [0.25, 0.3) is 0 Å². The van der Waals surface area contributed by atoms with Gasteiger partial charge in [0.05, 0.1) is 28.6 Å². The summed E-state index contributed by atoms with van der Waals surface area (Å²) in [6.07, 6.45) is 0. The van der Waals surface area contributed by atoms with Gasteiger partial charge in [0.1, 0.15) is 11.6 Å². The molecule has 100 valence electrons. The Morgan fingerprint density at radius 3 is 2.68 bits per heavy atom. The van der Waals surface area contributed by atoms with Crippen LogP contribution in [0.4, 0.5) is 21.5 Å². The fraction of sp³-hybridized carbons (Fsp3) is 0.0769. The third kappa shape index (κ3) is 3.11. The van der Waals surface area contributed by atoms with E-state index in [1.807, 2.05) is 0 Å². The molecule has 0 amide bonds. The second-order valence-electron chi connectivity index (χ2n) is 3.82. The van der Waals surface area contributed by atoms with Gasteiger partial charge in [-0.2, -0.15) is 0 Å². The van der Waals surface area contributed by atoms with E-state index in [4.69, 9.17) is 22.1 Å². The number of benzene rings is 2. The second-order valence-corrected chi connectivity index (χ2v) is 5.11. The molecule has 19 heavy (non-hydrogen) atoms. The molecule has 0 aliphatic heterocycles. The topological polar surface area (TPSA) is 47.3 Å². The fourth-order valence-electron chi connectivity index (χ4n) is 1.59. The van der Waals surface area contributed by atoms with Gasteiger partial charge in [0.15, 0.2) is 0 Å². The van der Waals surface area contributed by atoms with Crippen molar-refractivity contribution in [1.82, 2.24) is 0 Å². The Balaban J connectivity index is 2.41. The lowest BCUT2D eigenvalue weighted by Crippen LogP contribution is -1.99. The van der Waals surface area contributed by atoms with Crippen molar-refractivity contribution in [2.24, 2.45) is 0 Å². The Bertz CT molecular complexity index is 622. The molecule has 0 unspecified atom stereocenters. The minimum absolute atomic E-state index is 0.294. The van der Waals surface area contributed by atoms with Crippen molar-refractivity contribution >= 4 is 44.6 Å². The van der Waals surface area contributed by atoms with Gasteiger partial charge in [0.2, 0.25) is 0 Å². The molecule has 0 aromatic heterocycles. The van der Waals surface area contributed by atoms with E-state index in [1.54, 1.807) is 31.4 Å². The van der Waals surface area contributed by atoms with E-state index < -0.39 is 5.82 Å². The van der Waals surface area contributed by atoms with Crippen LogP contribution in [-0.4, -0.2) is 7.11 Å². The number of rotatable bonds is 3. The zero-order chi connectivity index (χ0) is 14.0. The highest BCUT2D eigenvalue weighted by Crippen LogP contribution is 2.34. The van der Waals surface area contributed by atoms with Crippen molar-refractivity contribution in [3.8, 4) is 5.75 Å². The lowest BCUT2D eigenvalue weighted by Gasteiger charge is -2.14. The molecule has 0 atom stereocenters. The molecule has 3 N–H and O–H groups in total. The van der Waals surface area contributed by atoms with Crippen LogP contribution in [0.5, 0.6) is 5.75 Å². The van der Waals surface area contributed by atoms with E-state index in [2.05, 4.69) is 21.2 Å². The molecule has 0 radical (unpaired) electrons. The Hall–Kier alpha value is -1.46. The lowest BCUT2D eigenvalue weighted by molar-refractivity contribution is 0.417. The van der Waals surface area contributed by atoms with Crippen molar-refractivity contribution in [2.45, 2.75) is 0 Å². The normalized spacial score (nSPS) is 10.3. The van der Waals surface area contributed by atoms with E-state index in [0.29, 0.717) is 32.3 Å². The van der Waals surface area contributed by atoms with Crippen LogP contribution in [-0.2, 0) is 0 Å². The zero-order valence-electron chi connectivity index (χ0n) is 10.0. The summed E-state index contributed by atoms with van der Waals surface area (Å²) in [6.45, 7) is 0. The number of halogens is 3. The SMILES string of the molecule is COc1ccc(Cl)cc1Nc1cc(Br)c(F)cc1N. The standard InChI is InChI=1S/C13H11BrClFN2O/c1-19-13-3-2-7(15)4-12(13)18-11-5-8(14)9(16)6-10(11)17/h2-6,18H,17H2,1H3. The highest BCUT2D eigenvalue weighted by Gasteiger charge is 2.09. The molecule has 0 heterocycles. The van der Waals surface area contributed by atoms with Gasteiger partial charge >= 0.3 is 0 Å². The number of nitrogen functional groups attached to an aromatic ring is 1. The van der Waals surface area contributed by atoms with Gasteiger partial charge in [0.25, 0.3) is 0 Å². The molecule has 2 aromatic carbocycles. The van der Waals surface area contributed by atoms with Gasteiger partial charge in [-0.25, -0.2) is 4.39 Å². The number of hydrogen-bond acceptors (Lipinski definition) is 3. The largest absolute Gasteiger partial charge is 0.495 e. The van der Waals surface area contributed by atoms with Crippen LogP contribution in [0.1, 0.15) is 0 Å². The molecule has 6 heteroatoms. The van der Waals surface area contributed by atoms with Crippen LogP contribution in [0.15, 0.2) is 34.8 Å². The Kier molecular flexibility index (Phi) is 4.17. The summed E-state index contributed by atoms with van der Waals surface area (Å²) in [5.74, 6) is 0.199. The molecule has 0 saturated carbocycles. The van der Waals surface area contributed by atoms with E-state index in [0.717, 1.165) is 0 Å². The summed E-state index contributed by atoms with van der Waals surface area (Å²) in [5.41, 5.74) is 7.28. The van der Waals surface area contributed by atoms with Crippen molar-refractivity contribution in [1.29, 1.82) is 0 Å². The Morgan fingerprint density at radius 1 is 1.26 bits per heavy atom. The number of methoxy groups -OCH3 is 1. The smallest absolute Gasteiger partial charge is 0.142 e. The van der Waals surface area contributed by atoms with Crippen molar-refractivity contribution in [3.63, 3.8) is 0 Å². The summed E-state index contributed by atoms with van der Waals surface area (Å²) in [6, 6.07) is 7.96. The maximum atomic E-state index is 13.3. The number of nitrogens with two attached hydrogens (primary N) is 1. The fourth-order valence-corrected chi connectivity index (χ4v) is 2.11. The molecule has 3 nitrogen and oxygen atoms in total. The van der Waals surface area contributed by atoms with Crippen molar-refractivity contribution < 1.29 is 9.13 Å². The summed E-state index contributed by atoms with van der Waals surface area (Å²) in [4.78, 5) is 0. The minimum atomic E-state index is -0.416. The van der Waals surface area contributed by atoms with Gasteiger partial charge in [-0.05, 0) is 40.2 Å². The first-order valence-electron chi connectivity index (χ1n) is 5.36. The first-order chi connectivity index (χ1) is 9.01. The van der Waals surface area contributed by atoms with Gasteiger partial charge in [-0.1, -0.05) is 11.6 Å². The lowest BCUT2D eigenvalue weighted by atomic mass is 10.2. The molecule has 0 fully saturated rings. The average Bonchev–Trinajstić information content (AvgIpc) is 2.36. The molecule has 0 saturated heterocycles. The number of ether oxygens (including phenoxy) is 1. The summed E-state index contributed by atoms with van der Waals surface area (Å²) >= 11 is 9.06. The van der Waals surface area contributed by atoms with Crippen LogP contribution in [0.2, 0.25) is 5.02 Å². The third-order valence-corrected chi connectivity index (χ3v) is 3.37. The number of nitrogens with one attached hydrogen (secondary N) is 1. The monoisotopic (exact) mass is 344 g/mol. The maximum Gasteiger partial charge on any atom is 0.142 e. The van der Waals surface area contributed by atoms with Gasteiger partial charge in [-0.15, -0.1) is 0 Å². The minimum Gasteiger partial charge on any atom is -0.495 e. The van der Waals surface area contributed by atoms with Gasteiger partial charge in [0, 0.05) is 11.1 Å². The van der Waals surface area contributed by atoms with Gasteiger partial charge in [-0.3, -0.25) is 0 Å². The predicted octanol–water partition coefficient (Wildman–Crippen LogP) is 4.58. The Morgan fingerprint density at radius 2 is 2.00 bits per heavy atom. The first-order valence-corrected chi connectivity index (χ1v) is 6.53. The van der Waals surface area contributed by atoms with Crippen molar-refractivity contribution in [3.05, 3.63) is 45.6 Å². The van der Waals surface area contributed by atoms with E-state index >= 15 is 0 Å². The van der Waals surface area contributed by atoms with E-state index in [-0.39, 0.29) is 0 Å². The highest BCUT2D eigenvalue weighted by atomic mass is 79.9. The van der Waals surface area contributed by atoms with Crippen LogP contribution in [0.3, 0.4) is 0 Å². The molecular weight excluding hydrogens is 335 g/mol. The third-order valence-electron chi connectivity index (χ3n) is 2.52. The van der Waals surface area contributed by atoms with E-state index in [9.17, 15) is 4.39 Å². The predicted molar refractivity (Wildman–Crippen MR) is 79.8 cm³/mol. The van der Waals surface area contributed by atoms with Crippen LogP contribution in [0, 0.1) is 5.82 Å². The quantitative estimate of drug-likeness (QED) is 0.801. The highest BCUT2D eigenvalue weighted by molar-refractivity contribution is 9.10. The average molecular weight is 346 g/mol. The molecule has 0 bridgehead atoms. The molecule has 2 rings (SSSR count). The zero-order valence-corrected chi connectivity index (χ0v) is 12.3. The first kappa shape index (κ1) is 14.0. The Labute approximate surface area is 123 Å². The summed E-state index contributed by atoms with van der Waals surface area (Å²) < 4.78 is 18.9. The molecule has 0 spiro atoms. The number of hydrogen-bond donors (Lipinski definition) is 2. The summed E-state index contributed by atoms with van der Waals surface area (Å²) in [7, 11) is 1.55. The summed E-state index contributed by atoms with van der Waals surface area (Å²) in [5, 5.41) is 3.63.